The average molecular weight is 331 g/mol. The lowest BCUT2D eigenvalue weighted by atomic mass is 10.2. The van der Waals surface area contributed by atoms with E-state index in [0.717, 1.165) is 11.3 Å². The molecule has 24 heavy (non-hydrogen) atoms. The van der Waals surface area contributed by atoms with Gasteiger partial charge in [-0.15, -0.1) is 0 Å². The fraction of sp³-hybridized carbons (Fsp3) is 0.333. The van der Waals surface area contributed by atoms with Gasteiger partial charge in [-0.2, -0.15) is 0 Å². The van der Waals surface area contributed by atoms with Crippen molar-refractivity contribution in [1.29, 1.82) is 0 Å². The molecule has 0 spiro atoms. The van der Waals surface area contributed by atoms with Crippen molar-refractivity contribution in [1.82, 2.24) is 25.3 Å². The quantitative estimate of drug-likeness (QED) is 0.535. The number of hydrogen-bond acceptors (Lipinski definition) is 7. The minimum Gasteiger partial charge on any atom is -0.384 e. The van der Waals surface area contributed by atoms with Crippen LogP contribution in [0, 0.1) is 13.8 Å². The Labute approximate surface area is 139 Å². The molecule has 5 N–H and O–H groups in total. The van der Waals surface area contributed by atoms with Crippen LogP contribution >= 0.6 is 0 Å². The van der Waals surface area contributed by atoms with Crippen molar-refractivity contribution in [2.45, 2.75) is 26.9 Å². The zero-order valence-electron chi connectivity index (χ0n) is 13.9. The van der Waals surface area contributed by atoms with Crippen LogP contribution in [0.1, 0.15) is 17.0 Å². The van der Waals surface area contributed by atoms with Crippen molar-refractivity contribution in [2.24, 2.45) is 0 Å². The van der Waals surface area contributed by atoms with Crippen molar-refractivity contribution in [3.8, 4) is 0 Å². The van der Waals surface area contributed by atoms with E-state index in [4.69, 9.17) is 5.73 Å². The van der Waals surface area contributed by atoms with E-state index in [-0.39, 0.29) is 23.8 Å². The molecule has 0 unspecified atom stereocenters. The van der Waals surface area contributed by atoms with E-state index >= 15 is 0 Å². The molecule has 0 atom stereocenters. The third kappa shape index (κ3) is 4.07. The lowest BCUT2D eigenvalue weighted by molar-refractivity contribution is -0.121. The number of nitrogen functional groups attached to an aromatic ring is 1. The van der Waals surface area contributed by atoms with Crippen LogP contribution in [0.25, 0.3) is 0 Å². The van der Waals surface area contributed by atoms with Crippen molar-refractivity contribution < 1.29 is 4.79 Å². The Morgan fingerprint density at radius 1 is 1.33 bits per heavy atom. The zero-order chi connectivity index (χ0) is 17.7. The standard InChI is InChI=1S/C15H21N7O2/c1-9-6-19-14(21-17-3)15(24)22(9)8-13(23)18-7-11-4-5-12(16)20-10(11)2/h4-6,17H,7-8H2,1-3H3,(H2,16,20)(H,18,23)(H,19,21). The van der Waals surface area contributed by atoms with Crippen molar-refractivity contribution in [3.05, 3.63) is 45.6 Å². The van der Waals surface area contributed by atoms with E-state index in [9.17, 15) is 9.59 Å². The first-order valence-corrected chi connectivity index (χ1v) is 7.40. The molecular formula is C15H21N7O2. The van der Waals surface area contributed by atoms with E-state index in [1.165, 1.54) is 10.8 Å². The zero-order valence-corrected chi connectivity index (χ0v) is 13.9. The highest BCUT2D eigenvalue weighted by atomic mass is 16.2. The van der Waals surface area contributed by atoms with Gasteiger partial charge < -0.3 is 16.5 Å². The van der Waals surface area contributed by atoms with Crippen LogP contribution in [0.2, 0.25) is 0 Å². The van der Waals surface area contributed by atoms with Crippen LogP contribution in [0.5, 0.6) is 0 Å². The van der Waals surface area contributed by atoms with Crippen molar-refractivity contribution in [3.63, 3.8) is 0 Å². The fourth-order valence-electron chi connectivity index (χ4n) is 2.16. The molecule has 2 rings (SSSR count). The SMILES string of the molecule is CNNc1ncc(C)n(CC(=O)NCc2ccc(N)nc2C)c1=O. The second kappa shape index (κ2) is 7.55. The van der Waals surface area contributed by atoms with Gasteiger partial charge in [0.05, 0.1) is 0 Å². The van der Waals surface area contributed by atoms with Crippen molar-refractivity contribution in [2.75, 3.05) is 18.2 Å². The number of amides is 1. The Hall–Kier alpha value is -2.94. The second-order valence-corrected chi connectivity index (χ2v) is 5.27. The highest BCUT2D eigenvalue weighted by molar-refractivity contribution is 5.75. The summed E-state index contributed by atoms with van der Waals surface area (Å²) in [6.07, 6.45) is 1.53. The summed E-state index contributed by atoms with van der Waals surface area (Å²) in [6, 6.07) is 3.50. The van der Waals surface area contributed by atoms with Gasteiger partial charge in [-0.05, 0) is 25.5 Å². The van der Waals surface area contributed by atoms with E-state index < -0.39 is 0 Å². The Balaban J connectivity index is 2.07. The van der Waals surface area contributed by atoms with Gasteiger partial charge in [-0.25, -0.2) is 15.4 Å². The number of rotatable bonds is 6. The number of carbonyl (C=O) groups excluding carboxylic acids is 1. The number of carbonyl (C=O) groups is 1. The largest absolute Gasteiger partial charge is 0.384 e. The molecule has 128 valence electrons. The Morgan fingerprint density at radius 2 is 2.08 bits per heavy atom. The molecule has 0 fully saturated rings. The molecule has 2 aromatic rings. The predicted molar refractivity (Wildman–Crippen MR) is 91.1 cm³/mol. The molecule has 0 bridgehead atoms. The number of nitrogens with two attached hydrogens (primary N) is 1. The molecule has 9 nitrogen and oxygen atoms in total. The Bertz CT molecular complexity index is 801. The molecule has 1 amide bonds. The van der Waals surface area contributed by atoms with Crippen LogP contribution in [-0.2, 0) is 17.9 Å². The number of pyridine rings is 1. The Kier molecular flexibility index (Phi) is 5.48. The van der Waals surface area contributed by atoms with E-state index in [0.29, 0.717) is 18.1 Å². The molecule has 0 saturated heterocycles. The molecule has 0 radical (unpaired) electrons. The van der Waals surface area contributed by atoms with Gasteiger partial charge >= 0.3 is 0 Å². The summed E-state index contributed by atoms with van der Waals surface area (Å²) >= 11 is 0. The van der Waals surface area contributed by atoms with Gasteiger partial charge in [0.2, 0.25) is 11.7 Å². The summed E-state index contributed by atoms with van der Waals surface area (Å²) in [6.45, 7) is 3.77. The molecule has 0 aromatic carbocycles. The smallest absolute Gasteiger partial charge is 0.295 e. The monoisotopic (exact) mass is 331 g/mol. The van der Waals surface area contributed by atoms with Gasteiger partial charge in [0.25, 0.3) is 5.56 Å². The normalized spacial score (nSPS) is 10.5. The number of hydrogen-bond donors (Lipinski definition) is 4. The first-order valence-electron chi connectivity index (χ1n) is 7.40. The van der Waals surface area contributed by atoms with Crippen LogP contribution in [0.4, 0.5) is 11.6 Å². The van der Waals surface area contributed by atoms with Crippen LogP contribution in [0.3, 0.4) is 0 Å². The summed E-state index contributed by atoms with van der Waals surface area (Å²) in [5, 5.41) is 2.78. The number of nitrogens with zero attached hydrogens (tertiary/aromatic N) is 3. The van der Waals surface area contributed by atoms with Gasteiger partial charge in [0.15, 0.2) is 0 Å². The molecule has 0 aliphatic carbocycles. The summed E-state index contributed by atoms with van der Waals surface area (Å²) < 4.78 is 1.36. The maximum Gasteiger partial charge on any atom is 0.295 e. The average Bonchev–Trinajstić information content (AvgIpc) is 2.53. The third-order valence-electron chi connectivity index (χ3n) is 3.49. The lowest BCUT2D eigenvalue weighted by Crippen LogP contribution is -2.35. The number of nitrogens with one attached hydrogen (secondary N) is 3. The second-order valence-electron chi connectivity index (χ2n) is 5.27. The minimum absolute atomic E-state index is 0.0902. The summed E-state index contributed by atoms with van der Waals surface area (Å²) in [7, 11) is 1.63. The van der Waals surface area contributed by atoms with E-state index in [1.54, 1.807) is 20.0 Å². The molecular weight excluding hydrogens is 310 g/mol. The maximum absolute atomic E-state index is 12.3. The summed E-state index contributed by atoms with van der Waals surface area (Å²) in [4.78, 5) is 32.6. The molecule has 2 heterocycles. The fourth-order valence-corrected chi connectivity index (χ4v) is 2.16. The van der Waals surface area contributed by atoms with Gasteiger partial charge in [-0.1, -0.05) is 6.07 Å². The van der Waals surface area contributed by atoms with Crippen LogP contribution in [-0.4, -0.2) is 27.5 Å². The summed E-state index contributed by atoms with van der Waals surface area (Å²) in [5.41, 5.74) is 12.7. The topological polar surface area (TPSA) is 127 Å². The van der Waals surface area contributed by atoms with Crippen LogP contribution in [0.15, 0.2) is 23.1 Å². The highest BCUT2D eigenvalue weighted by Crippen LogP contribution is 2.07. The minimum atomic E-state index is -0.371. The summed E-state index contributed by atoms with van der Waals surface area (Å²) in [5.74, 6) is 0.290. The van der Waals surface area contributed by atoms with Crippen molar-refractivity contribution >= 4 is 17.5 Å². The van der Waals surface area contributed by atoms with Gasteiger partial charge in [0.1, 0.15) is 12.4 Å². The van der Waals surface area contributed by atoms with E-state index in [2.05, 4.69) is 26.1 Å². The van der Waals surface area contributed by atoms with Gasteiger partial charge in [-0.3, -0.25) is 14.2 Å². The Morgan fingerprint density at radius 3 is 2.75 bits per heavy atom. The number of aromatic nitrogens is 3. The molecule has 0 saturated carbocycles. The number of anilines is 2. The first kappa shape index (κ1) is 17.4. The molecule has 0 aliphatic rings. The first-order chi connectivity index (χ1) is 11.4. The molecule has 0 aliphatic heterocycles. The molecule has 2 aromatic heterocycles. The third-order valence-corrected chi connectivity index (χ3v) is 3.49. The van der Waals surface area contributed by atoms with Gasteiger partial charge in [0, 0.05) is 31.2 Å². The van der Waals surface area contributed by atoms with E-state index in [1.807, 2.05) is 13.0 Å². The lowest BCUT2D eigenvalue weighted by Gasteiger charge is -2.12. The van der Waals surface area contributed by atoms with Crippen LogP contribution < -0.4 is 27.5 Å². The number of hydrazine groups is 1. The predicted octanol–water partition coefficient (Wildman–Crippen LogP) is -0.300. The highest BCUT2D eigenvalue weighted by Gasteiger charge is 2.11. The maximum atomic E-state index is 12.3. The molecule has 9 heteroatoms. The number of aryl methyl sites for hydroxylation is 2.